The number of carbonyl (C=O) groups is 3. The van der Waals surface area contributed by atoms with E-state index < -0.39 is 6.04 Å². The summed E-state index contributed by atoms with van der Waals surface area (Å²) in [5.41, 5.74) is 2.93. The van der Waals surface area contributed by atoms with E-state index in [1.54, 1.807) is 4.90 Å². The zero-order valence-electron chi connectivity index (χ0n) is 20.1. The molecule has 1 aromatic rings. The summed E-state index contributed by atoms with van der Waals surface area (Å²) in [6.07, 6.45) is 11.6. The molecule has 1 aliphatic carbocycles. The summed E-state index contributed by atoms with van der Waals surface area (Å²) in [5, 5.41) is 2.41. The molecule has 184 valence electrons. The lowest BCUT2D eigenvalue weighted by Crippen LogP contribution is -2.52. The van der Waals surface area contributed by atoms with Gasteiger partial charge in [0.25, 0.3) is 5.91 Å². The highest BCUT2D eigenvalue weighted by molar-refractivity contribution is 6.06. The van der Waals surface area contributed by atoms with E-state index in [9.17, 15) is 14.4 Å². The van der Waals surface area contributed by atoms with Gasteiger partial charge in [0.2, 0.25) is 11.8 Å². The van der Waals surface area contributed by atoms with Crippen molar-refractivity contribution in [1.29, 1.82) is 0 Å². The summed E-state index contributed by atoms with van der Waals surface area (Å²) in [4.78, 5) is 41.7. The Bertz CT molecular complexity index is 920. The Kier molecular flexibility index (Phi) is 7.18. The molecule has 5 rings (SSSR count). The van der Waals surface area contributed by atoms with Crippen molar-refractivity contribution < 1.29 is 19.1 Å². The zero-order valence-corrected chi connectivity index (χ0v) is 20.1. The minimum Gasteiger partial charge on any atom is -0.381 e. The van der Waals surface area contributed by atoms with E-state index in [-0.39, 0.29) is 24.1 Å². The Morgan fingerprint density at radius 3 is 2.56 bits per heavy atom. The summed E-state index contributed by atoms with van der Waals surface area (Å²) < 4.78 is 5.53. The smallest absolute Gasteiger partial charge is 0.255 e. The van der Waals surface area contributed by atoms with E-state index in [4.69, 9.17) is 4.74 Å². The van der Waals surface area contributed by atoms with Gasteiger partial charge in [-0.3, -0.25) is 19.7 Å². The zero-order chi connectivity index (χ0) is 23.5. The number of rotatable bonds is 7. The molecular formula is C27H37N3O4. The molecule has 0 spiro atoms. The van der Waals surface area contributed by atoms with E-state index >= 15 is 0 Å². The van der Waals surface area contributed by atoms with Crippen molar-refractivity contribution in [3.05, 3.63) is 29.3 Å². The molecule has 1 aromatic carbocycles. The second-order valence-electron chi connectivity index (χ2n) is 10.4. The second kappa shape index (κ2) is 10.5. The van der Waals surface area contributed by atoms with Crippen LogP contribution < -0.4 is 10.2 Å². The third-order valence-corrected chi connectivity index (χ3v) is 8.23. The van der Waals surface area contributed by atoms with Crippen LogP contribution in [0, 0.1) is 5.92 Å². The Morgan fingerprint density at radius 2 is 1.79 bits per heavy atom. The SMILES string of the molecule is O=C1CCC(N2Cc3c(cccc3N(CCCC3CCOCC3)C3CCCCC3)C2=O)C(=O)N1. The largest absolute Gasteiger partial charge is 0.381 e. The number of fused-ring (bicyclic) bond motifs is 1. The molecule has 1 N–H and O–H groups in total. The van der Waals surface area contributed by atoms with E-state index in [1.165, 1.54) is 57.1 Å². The van der Waals surface area contributed by atoms with Crippen molar-refractivity contribution in [2.45, 2.75) is 89.3 Å². The molecule has 1 atom stereocenters. The summed E-state index contributed by atoms with van der Waals surface area (Å²) in [6, 6.07) is 6.00. The first-order valence-electron chi connectivity index (χ1n) is 13.2. The molecule has 0 radical (unpaired) electrons. The van der Waals surface area contributed by atoms with Crippen LogP contribution in [0.15, 0.2) is 18.2 Å². The highest BCUT2D eigenvalue weighted by Crippen LogP contribution is 2.37. The summed E-state index contributed by atoms with van der Waals surface area (Å²) in [6.45, 7) is 3.23. The van der Waals surface area contributed by atoms with Gasteiger partial charge in [-0.1, -0.05) is 25.3 Å². The van der Waals surface area contributed by atoms with Crippen molar-refractivity contribution in [1.82, 2.24) is 10.2 Å². The number of anilines is 1. The number of carbonyl (C=O) groups excluding carboxylic acids is 3. The van der Waals surface area contributed by atoms with Gasteiger partial charge in [-0.2, -0.15) is 0 Å². The molecule has 1 saturated carbocycles. The Labute approximate surface area is 202 Å². The molecule has 3 aliphatic heterocycles. The van der Waals surface area contributed by atoms with Gasteiger partial charge in [0.15, 0.2) is 0 Å². The average Bonchev–Trinajstić information content (AvgIpc) is 3.20. The fraction of sp³-hybridized carbons (Fsp3) is 0.667. The van der Waals surface area contributed by atoms with E-state index in [2.05, 4.69) is 16.3 Å². The van der Waals surface area contributed by atoms with Gasteiger partial charge in [0.1, 0.15) is 6.04 Å². The Morgan fingerprint density at radius 1 is 1.00 bits per heavy atom. The number of nitrogens with one attached hydrogen (secondary N) is 1. The maximum Gasteiger partial charge on any atom is 0.255 e. The molecule has 0 aromatic heterocycles. The van der Waals surface area contributed by atoms with Crippen LogP contribution in [-0.4, -0.2) is 54.5 Å². The number of ether oxygens (including phenoxy) is 1. The third-order valence-electron chi connectivity index (χ3n) is 8.23. The number of imide groups is 1. The number of hydrogen-bond acceptors (Lipinski definition) is 5. The van der Waals surface area contributed by atoms with Crippen LogP contribution in [0.25, 0.3) is 0 Å². The van der Waals surface area contributed by atoms with E-state index in [0.29, 0.717) is 24.6 Å². The first kappa shape index (κ1) is 23.3. The maximum absolute atomic E-state index is 13.3. The van der Waals surface area contributed by atoms with Gasteiger partial charge in [0.05, 0.1) is 0 Å². The fourth-order valence-electron chi connectivity index (χ4n) is 6.32. The van der Waals surface area contributed by atoms with Gasteiger partial charge in [-0.25, -0.2) is 0 Å². The molecule has 2 saturated heterocycles. The van der Waals surface area contributed by atoms with Crippen molar-refractivity contribution >= 4 is 23.4 Å². The number of hydrogen-bond donors (Lipinski definition) is 1. The van der Waals surface area contributed by atoms with Crippen molar-refractivity contribution in [2.24, 2.45) is 5.92 Å². The molecular weight excluding hydrogens is 430 g/mol. The molecule has 7 heteroatoms. The van der Waals surface area contributed by atoms with Gasteiger partial charge in [-0.15, -0.1) is 0 Å². The molecule has 3 fully saturated rings. The van der Waals surface area contributed by atoms with Crippen LogP contribution >= 0.6 is 0 Å². The topological polar surface area (TPSA) is 79.0 Å². The Hall–Kier alpha value is -2.41. The molecule has 3 heterocycles. The minimum absolute atomic E-state index is 0.0860. The lowest BCUT2D eigenvalue weighted by Gasteiger charge is -2.38. The van der Waals surface area contributed by atoms with Crippen LogP contribution in [0.1, 0.15) is 86.6 Å². The van der Waals surface area contributed by atoms with Crippen LogP contribution in [0.3, 0.4) is 0 Å². The summed E-state index contributed by atoms with van der Waals surface area (Å²) in [7, 11) is 0. The molecule has 7 nitrogen and oxygen atoms in total. The molecule has 1 unspecified atom stereocenters. The predicted octanol–water partition coefficient (Wildman–Crippen LogP) is 3.79. The maximum atomic E-state index is 13.3. The highest BCUT2D eigenvalue weighted by Gasteiger charge is 2.40. The lowest BCUT2D eigenvalue weighted by molar-refractivity contribution is -0.136. The van der Waals surface area contributed by atoms with E-state index in [0.717, 1.165) is 37.7 Å². The number of amides is 3. The number of benzene rings is 1. The first-order valence-corrected chi connectivity index (χ1v) is 13.2. The normalized spacial score (nSPS) is 24.3. The van der Waals surface area contributed by atoms with Crippen molar-refractivity contribution in [3.63, 3.8) is 0 Å². The van der Waals surface area contributed by atoms with Crippen LogP contribution in [0.2, 0.25) is 0 Å². The molecule has 34 heavy (non-hydrogen) atoms. The molecule has 3 amide bonds. The third kappa shape index (κ3) is 4.85. The number of piperidine rings is 1. The molecule has 0 bridgehead atoms. The first-order chi connectivity index (χ1) is 16.6. The second-order valence-corrected chi connectivity index (χ2v) is 10.4. The monoisotopic (exact) mass is 467 g/mol. The van der Waals surface area contributed by atoms with Crippen LogP contribution in [0.4, 0.5) is 5.69 Å². The fourth-order valence-corrected chi connectivity index (χ4v) is 6.32. The van der Waals surface area contributed by atoms with E-state index in [1.807, 2.05) is 12.1 Å². The predicted molar refractivity (Wildman–Crippen MR) is 129 cm³/mol. The van der Waals surface area contributed by atoms with Gasteiger partial charge < -0.3 is 14.5 Å². The van der Waals surface area contributed by atoms with Crippen LogP contribution in [-0.2, 0) is 20.9 Å². The minimum atomic E-state index is -0.567. The number of nitrogens with zero attached hydrogens (tertiary/aromatic N) is 2. The lowest BCUT2D eigenvalue weighted by atomic mass is 9.91. The average molecular weight is 468 g/mol. The van der Waals surface area contributed by atoms with Crippen molar-refractivity contribution in [2.75, 3.05) is 24.7 Å². The van der Waals surface area contributed by atoms with Gasteiger partial charge >= 0.3 is 0 Å². The quantitative estimate of drug-likeness (QED) is 0.617. The van der Waals surface area contributed by atoms with Gasteiger partial charge in [-0.05, 0) is 63.0 Å². The Balaban J connectivity index is 1.36. The molecule has 4 aliphatic rings. The summed E-state index contributed by atoms with van der Waals surface area (Å²) in [5.74, 6) is 0.0730. The summed E-state index contributed by atoms with van der Waals surface area (Å²) >= 11 is 0. The standard InChI is InChI=1S/C27H37N3O4/c31-25-12-11-24(26(32)28-25)30-18-22-21(27(30)33)9-4-10-23(22)29(20-7-2-1-3-8-20)15-5-6-19-13-16-34-17-14-19/h4,9-10,19-20,24H,1-3,5-8,11-18H2,(H,28,31,32). The van der Waals surface area contributed by atoms with Crippen LogP contribution in [0.5, 0.6) is 0 Å². The van der Waals surface area contributed by atoms with Gasteiger partial charge in [0, 0.05) is 55.6 Å². The highest BCUT2D eigenvalue weighted by atomic mass is 16.5. The van der Waals surface area contributed by atoms with Crippen molar-refractivity contribution in [3.8, 4) is 0 Å².